The molecular weight excluding hydrogens is 743 g/mol. The summed E-state index contributed by atoms with van der Waals surface area (Å²) in [5.41, 5.74) is 16.8. The predicted molar refractivity (Wildman–Crippen MR) is 249 cm³/mol. The van der Waals surface area contributed by atoms with Gasteiger partial charge in [0.2, 0.25) is 0 Å². The quantitative estimate of drug-likeness (QED) is 0.182. The number of aryl methyl sites for hydroxylation is 2. The van der Waals surface area contributed by atoms with Gasteiger partial charge in [-0.3, -0.25) is 0 Å². The first-order valence-corrected chi connectivity index (χ1v) is 22.2. The van der Waals surface area contributed by atoms with Crippen LogP contribution < -0.4 is 5.32 Å². The fourth-order valence-electron chi connectivity index (χ4n) is 11.8. The molecule has 5 aromatic carbocycles. The van der Waals surface area contributed by atoms with E-state index in [1.54, 1.807) is 0 Å². The molecule has 0 bridgehead atoms. The lowest BCUT2D eigenvalue weighted by molar-refractivity contribution is 0.535. The molecule has 2 aromatic heterocycles. The van der Waals surface area contributed by atoms with Gasteiger partial charge < -0.3 is 5.32 Å². The molecule has 4 aliphatic carbocycles. The van der Waals surface area contributed by atoms with Crippen LogP contribution in [0, 0.1) is 22.7 Å². The summed E-state index contributed by atoms with van der Waals surface area (Å²) in [5.74, 6) is 5.26. The number of amidine groups is 2. The van der Waals surface area contributed by atoms with Crippen molar-refractivity contribution in [2.75, 3.05) is 0 Å². The topological polar surface area (TPSA) is 62.5 Å². The molecule has 7 aromatic rings. The summed E-state index contributed by atoms with van der Waals surface area (Å²) in [6.45, 7) is 9.61. The Morgan fingerprint density at radius 3 is 1.10 bits per heavy atom. The molecule has 0 spiro atoms. The first kappa shape index (κ1) is 36.4. The van der Waals surface area contributed by atoms with Crippen LogP contribution in [0.2, 0.25) is 0 Å². The van der Waals surface area contributed by atoms with Gasteiger partial charge in [-0.15, -0.1) is 0 Å². The number of rotatable bonds is 6. The molecule has 3 heterocycles. The summed E-state index contributed by atoms with van der Waals surface area (Å²) in [6.07, 6.45) is 4.63. The molecule has 0 radical (unpaired) electrons. The van der Waals surface area contributed by atoms with Crippen molar-refractivity contribution in [2.45, 2.75) is 65.2 Å². The van der Waals surface area contributed by atoms with Crippen LogP contribution in [0.4, 0.5) is 11.6 Å². The normalized spacial score (nSPS) is 23.3. The molecule has 12 rings (SSSR count). The van der Waals surface area contributed by atoms with Crippen LogP contribution in [-0.2, 0) is 12.8 Å². The molecule has 1 aliphatic heterocycles. The Kier molecular flexibility index (Phi) is 8.07. The largest absolute Gasteiger partial charge is 0.324 e. The maximum atomic E-state index is 5.56. The van der Waals surface area contributed by atoms with E-state index in [9.17, 15) is 0 Å². The number of benzene rings is 5. The minimum Gasteiger partial charge on any atom is -0.324 e. The summed E-state index contributed by atoms with van der Waals surface area (Å²) in [4.78, 5) is 21.9. The zero-order valence-electron chi connectivity index (χ0n) is 35.3. The van der Waals surface area contributed by atoms with Gasteiger partial charge in [0.05, 0.1) is 11.4 Å². The average Bonchev–Trinajstić information content (AvgIpc) is 4.02. The number of fused-ring (bicyclic) bond motifs is 7. The monoisotopic (exact) mass is 791 g/mol. The Morgan fingerprint density at radius 2 is 0.754 bits per heavy atom. The summed E-state index contributed by atoms with van der Waals surface area (Å²) in [7, 11) is 0. The second-order valence-corrected chi connectivity index (χ2v) is 19.1. The van der Waals surface area contributed by atoms with Gasteiger partial charge in [-0.2, -0.15) is 0 Å². The first-order valence-electron chi connectivity index (χ1n) is 22.2. The van der Waals surface area contributed by atoms with Crippen LogP contribution in [0.3, 0.4) is 0 Å². The van der Waals surface area contributed by atoms with Crippen LogP contribution in [-0.4, -0.2) is 21.6 Å². The summed E-state index contributed by atoms with van der Waals surface area (Å²) >= 11 is 0. The SMILES string of the molecule is CC1(C)[C@@H]2CCc3ccc(N=C4NC(=Nc5ccc6c(n5)[C@H]5[C@@H](CC6)C5(C)C)c5c4c(-c4ccccc4)c(-c4ccccc4)c(-c4ccccc4)c5-c4ccccc4)nc3[C@@H]21. The summed E-state index contributed by atoms with van der Waals surface area (Å²) < 4.78 is 0. The van der Waals surface area contributed by atoms with E-state index in [4.69, 9.17) is 20.0 Å². The molecule has 2 saturated carbocycles. The lowest BCUT2D eigenvalue weighted by atomic mass is 9.77. The highest BCUT2D eigenvalue weighted by Gasteiger charge is 2.61. The summed E-state index contributed by atoms with van der Waals surface area (Å²) in [6, 6.07) is 52.2. The van der Waals surface area contributed by atoms with E-state index in [0.717, 1.165) is 91.8 Å². The molecule has 4 atom stereocenters. The maximum Gasteiger partial charge on any atom is 0.154 e. The molecule has 298 valence electrons. The van der Waals surface area contributed by atoms with Crippen molar-refractivity contribution in [1.29, 1.82) is 0 Å². The van der Waals surface area contributed by atoms with Gasteiger partial charge in [0.1, 0.15) is 11.7 Å². The predicted octanol–water partition coefficient (Wildman–Crippen LogP) is 13.3. The standard InChI is InChI=1S/C56H49N5/c1-55(2)39-29-25-37-27-31-41(57-51(37)49(39)55)59-53-47-45(35-21-13-7-14-22-35)43(33-17-9-5-10-18-33)44(34-19-11-6-12-20-34)46(36-23-15-8-16-24-36)48(47)54(61-53)60-42-32-28-38-26-30-40-50(52(38)58-42)56(40,3)4/h5-24,27-28,31-32,39-40,49-50H,25-26,29-30H2,1-4H3,(H,57,58,59,60,61)/t39-,40-,49-,50-/m1/s1. The minimum absolute atomic E-state index is 0.267. The van der Waals surface area contributed by atoms with Crippen LogP contribution >= 0.6 is 0 Å². The second kappa shape index (κ2) is 13.5. The maximum absolute atomic E-state index is 5.56. The number of aliphatic imine (C=N–C) groups is 2. The minimum atomic E-state index is 0.267. The second-order valence-electron chi connectivity index (χ2n) is 19.1. The Morgan fingerprint density at radius 1 is 0.426 bits per heavy atom. The Labute approximate surface area is 358 Å². The number of nitrogens with one attached hydrogen (secondary N) is 1. The summed E-state index contributed by atoms with van der Waals surface area (Å²) in [5, 5.41) is 3.89. The number of aromatic nitrogens is 2. The number of pyridine rings is 2. The van der Waals surface area contributed by atoms with Crippen molar-refractivity contribution in [3.05, 3.63) is 179 Å². The van der Waals surface area contributed by atoms with E-state index in [0.29, 0.717) is 23.7 Å². The van der Waals surface area contributed by atoms with E-state index in [2.05, 4.69) is 179 Å². The van der Waals surface area contributed by atoms with E-state index < -0.39 is 0 Å². The smallest absolute Gasteiger partial charge is 0.154 e. The van der Waals surface area contributed by atoms with Crippen molar-refractivity contribution in [3.63, 3.8) is 0 Å². The molecule has 0 amide bonds. The van der Waals surface area contributed by atoms with E-state index in [-0.39, 0.29) is 10.8 Å². The molecule has 1 N–H and O–H groups in total. The Bertz CT molecular complexity index is 2750. The van der Waals surface area contributed by atoms with Crippen molar-refractivity contribution >= 4 is 23.3 Å². The van der Waals surface area contributed by atoms with Crippen molar-refractivity contribution in [1.82, 2.24) is 15.3 Å². The molecule has 5 heteroatoms. The Hall–Kier alpha value is -6.46. The van der Waals surface area contributed by atoms with Crippen molar-refractivity contribution in [3.8, 4) is 44.5 Å². The van der Waals surface area contributed by atoms with Crippen LogP contribution in [0.15, 0.2) is 156 Å². The lowest BCUT2D eigenvalue weighted by Gasteiger charge is -2.25. The third-order valence-electron chi connectivity index (χ3n) is 15.0. The van der Waals surface area contributed by atoms with E-state index in [1.807, 2.05) is 0 Å². The fourth-order valence-corrected chi connectivity index (χ4v) is 11.8. The highest BCUT2D eigenvalue weighted by molar-refractivity contribution is 6.33. The number of nitrogens with zero attached hydrogens (tertiary/aromatic N) is 4. The van der Waals surface area contributed by atoms with E-state index in [1.165, 1.54) is 35.4 Å². The van der Waals surface area contributed by atoms with Gasteiger partial charge in [0.15, 0.2) is 11.6 Å². The third-order valence-corrected chi connectivity index (χ3v) is 15.0. The zero-order valence-corrected chi connectivity index (χ0v) is 35.3. The molecule has 61 heavy (non-hydrogen) atoms. The van der Waals surface area contributed by atoms with Gasteiger partial charge in [-0.1, -0.05) is 161 Å². The van der Waals surface area contributed by atoms with Crippen LogP contribution in [0.25, 0.3) is 44.5 Å². The molecule has 5 nitrogen and oxygen atoms in total. The zero-order chi connectivity index (χ0) is 41.0. The average molecular weight is 792 g/mol. The van der Waals surface area contributed by atoms with Gasteiger partial charge in [0, 0.05) is 34.1 Å². The number of hydrogen-bond donors (Lipinski definition) is 1. The highest BCUT2D eigenvalue weighted by Crippen LogP contribution is 2.69. The highest BCUT2D eigenvalue weighted by atomic mass is 15.1. The first-order chi connectivity index (χ1) is 29.8. The molecule has 0 saturated heterocycles. The van der Waals surface area contributed by atoms with Crippen LogP contribution in [0.1, 0.15) is 86.0 Å². The van der Waals surface area contributed by atoms with Gasteiger partial charge in [-0.05, 0) is 105 Å². The Balaban J connectivity index is 1.19. The van der Waals surface area contributed by atoms with Crippen LogP contribution in [0.5, 0.6) is 0 Å². The van der Waals surface area contributed by atoms with Gasteiger partial charge in [0.25, 0.3) is 0 Å². The third kappa shape index (κ3) is 5.73. The molecular formula is C56H49N5. The van der Waals surface area contributed by atoms with Gasteiger partial charge >= 0.3 is 0 Å². The van der Waals surface area contributed by atoms with Gasteiger partial charge in [-0.25, -0.2) is 20.0 Å². The molecule has 2 fully saturated rings. The number of hydrogen-bond acceptors (Lipinski definition) is 4. The molecule has 0 unspecified atom stereocenters. The van der Waals surface area contributed by atoms with E-state index >= 15 is 0 Å². The lowest BCUT2D eigenvalue weighted by Crippen LogP contribution is -2.22. The van der Waals surface area contributed by atoms with Crippen molar-refractivity contribution < 1.29 is 0 Å². The fraction of sp³-hybridized carbons (Fsp3) is 0.250. The molecule has 5 aliphatic rings. The van der Waals surface area contributed by atoms with Crippen molar-refractivity contribution in [2.24, 2.45) is 32.7 Å².